The van der Waals surface area contributed by atoms with E-state index in [-0.39, 0.29) is 0 Å². The molecule has 1 rings (SSSR count). The average Bonchev–Trinajstić information content (AvgIpc) is 2.45. The van der Waals surface area contributed by atoms with Gasteiger partial charge in [-0.2, -0.15) is 0 Å². The van der Waals surface area contributed by atoms with Crippen LogP contribution in [0.25, 0.3) is 0 Å². The van der Waals surface area contributed by atoms with Crippen molar-refractivity contribution in [3.63, 3.8) is 0 Å². The van der Waals surface area contributed by atoms with Gasteiger partial charge in [0, 0.05) is 12.1 Å². The third-order valence-corrected chi connectivity index (χ3v) is 3.02. The lowest BCUT2D eigenvalue weighted by Crippen LogP contribution is -2.44. The van der Waals surface area contributed by atoms with Gasteiger partial charge in [0.25, 0.3) is 0 Å². The smallest absolute Gasteiger partial charge is 0.166 e. The Hall–Kier alpha value is -1.66. The van der Waals surface area contributed by atoms with Crippen LogP contribution in [0.5, 0.6) is 23.0 Å². The first-order valence-corrected chi connectivity index (χ1v) is 6.17. The van der Waals surface area contributed by atoms with Crippen LogP contribution in [-0.2, 0) is 0 Å². The van der Waals surface area contributed by atoms with Gasteiger partial charge in [-0.3, -0.25) is 0 Å². The molecule has 0 bridgehead atoms. The Bertz CT molecular complexity index is 444. The van der Waals surface area contributed by atoms with Gasteiger partial charge in [0.15, 0.2) is 23.0 Å². The molecule has 0 aliphatic heterocycles. The largest absolute Gasteiger partial charge is 0.493 e. The van der Waals surface area contributed by atoms with Crippen LogP contribution in [0.4, 0.5) is 0 Å². The van der Waals surface area contributed by atoms with E-state index in [4.69, 9.17) is 24.1 Å². The summed E-state index contributed by atoms with van der Waals surface area (Å²) in [6.45, 7) is 2.94. The Balaban J connectivity index is 3.17. The van der Waals surface area contributed by atoms with Crippen LogP contribution in [0.3, 0.4) is 0 Å². The van der Waals surface area contributed by atoms with Gasteiger partial charge >= 0.3 is 0 Å². The molecule has 1 atom stereocenters. The van der Waals surface area contributed by atoms with Crippen molar-refractivity contribution in [3.8, 4) is 23.0 Å². The Morgan fingerprint density at radius 1 is 0.950 bits per heavy atom. The molecule has 0 aromatic heterocycles. The van der Waals surface area contributed by atoms with Gasteiger partial charge in [0.2, 0.25) is 0 Å². The highest BCUT2D eigenvalue weighted by molar-refractivity contribution is 5.54. The molecule has 1 aromatic carbocycles. The monoisotopic (exact) mass is 286 g/mol. The Labute approximate surface area is 118 Å². The molecule has 0 unspecified atom stereocenters. The summed E-state index contributed by atoms with van der Waals surface area (Å²) in [5.74, 6) is 1.83. The zero-order chi connectivity index (χ0) is 15.3. The van der Waals surface area contributed by atoms with Crippen molar-refractivity contribution in [3.05, 3.63) is 12.1 Å². The van der Waals surface area contributed by atoms with Crippen molar-refractivity contribution in [1.82, 2.24) is 0 Å². The molecule has 1 aromatic rings. The van der Waals surface area contributed by atoms with E-state index >= 15 is 0 Å². The quantitative estimate of drug-likeness (QED) is 0.785. The molecular formula is C14H22O6. The lowest BCUT2D eigenvalue weighted by Gasteiger charge is -2.31. The van der Waals surface area contributed by atoms with E-state index in [0.29, 0.717) is 23.0 Å². The fraction of sp³-hybridized carbons (Fsp3) is 0.571. The van der Waals surface area contributed by atoms with Crippen molar-refractivity contribution in [2.24, 2.45) is 0 Å². The summed E-state index contributed by atoms with van der Waals surface area (Å²) in [4.78, 5) is 0. The molecule has 20 heavy (non-hydrogen) atoms. The molecule has 6 heteroatoms. The summed E-state index contributed by atoms with van der Waals surface area (Å²) in [5.41, 5.74) is -0.984. The molecule has 0 aliphatic carbocycles. The van der Waals surface area contributed by atoms with Crippen LogP contribution in [0.2, 0.25) is 0 Å². The van der Waals surface area contributed by atoms with Gasteiger partial charge < -0.3 is 29.2 Å². The number of hydrogen-bond donors (Lipinski definition) is 2. The van der Waals surface area contributed by atoms with Gasteiger partial charge in [-0.1, -0.05) is 0 Å². The SMILES string of the molecule is COc1cc(OC)c(OC(C)(C)[C@@H](O)CO)cc1OC. The van der Waals surface area contributed by atoms with Crippen LogP contribution < -0.4 is 18.9 Å². The van der Waals surface area contributed by atoms with E-state index < -0.39 is 18.3 Å². The minimum Gasteiger partial charge on any atom is -0.493 e. The molecule has 0 radical (unpaired) electrons. The maximum Gasteiger partial charge on any atom is 0.166 e. The van der Waals surface area contributed by atoms with Crippen LogP contribution in [0.15, 0.2) is 12.1 Å². The highest BCUT2D eigenvalue weighted by Crippen LogP contribution is 2.41. The summed E-state index contributed by atoms with van der Waals surface area (Å²) in [6.07, 6.45) is -1.03. The third kappa shape index (κ3) is 3.46. The molecule has 2 N–H and O–H groups in total. The van der Waals surface area contributed by atoms with Crippen molar-refractivity contribution in [1.29, 1.82) is 0 Å². The number of rotatable bonds is 7. The second-order valence-corrected chi connectivity index (χ2v) is 4.76. The van der Waals surface area contributed by atoms with E-state index in [1.54, 1.807) is 26.0 Å². The first-order valence-electron chi connectivity index (χ1n) is 6.17. The van der Waals surface area contributed by atoms with Gasteiger partial charge in [0.05, 0.1) is 27.9 Å². The summed E-state index contributed by atoms with van der Waals surface area (Å²) in [6, 6.07) is 3.25. The highest BCUT2D eigenvalue weighted by atomic mass is 16.5. The lowest BCUT2D eigenvalue weighted by molar-refractivity contribution is -0.0552. The molecule has 6 nitrogen and oxygen atoms in total. The molecular weight excluding hydrogens is 264 g/mol. The first-order chi connectivity index (χ1) is 9.39. The highest BCUT2D eigenvalue weighted by Gasteiger charge is 2.31. The molecule has 0 spiro atoms. The van der Waals surface area contributed by atoms with E-state index in [1.807, 2.05) is 0 Å². The maximum atomic E-state index is 9.77. The lowest BCUT2D eigenvalue weighted by atomic mass is 10.0. The number of methoxy groups -OCH3 is 3. The van der Waals surface area contributed by atoms with E-state index in [0.717, 1.165) is 0 Å². The van der Waals surface area contributed by atoms with Gasteiger partial charge in [0.1, 0.15) is 11.7 Å². The van der Waals surface area contributed by atoms with Crippen molar-refractivity contribution in [2.45, 2.75) is 25.6 Å². The number of ether oxygens (including phenoxy) is 4. The fourth-order valence-electron chi connectivity index (χ4n) is 1.65. The normalized spacial score (nSPS) is 12.8. The molecule has 0 amide bonds. The van der Waals surface area contributed by atoms with E-state index in [2.05, 4.69) is 0 Å². The van der Waals surface area contributed by atoms with E-state index in [9.17, 15) is 5.11 Å². The van der Waals surface area contributed by atoms with Crippen LogP contribution in [0.1, 0.15) is 13.8 Å². The van der Waals surface area contributed by atoms with Crippen molar-refractivity contribution < 1.29 is 29.2 Å². The minimum absolute atomic E-state index is 0.391. The first kappa shape index (κ1) is 16.4. The molecule has 0 saturated carbocycles. The average molecular weight is 286 g/mol. The van der Waals surface area contributed by atoms with E-state index in [1.165, 1.54) is 21.3 Å². The number of aliphatic hydroxyl groups is 2. The summed E-state index contributed by atoms with van der Waals surface area (Å²) < 4.78 is 21.4. The zero-order valence-corrected chi connectivity index (χ0v) is 12.5. The van der Waals surface area contributed by atoms with Crippen LogP contribution in [0, 0.1) is 0 Å². The van der Waals surface area contributed by atoms with Crippen molar-refractivity contribution >= 4 is 0 Å². The van der Waals surface area contributed by atoms with Gasteiger partial charge in [-0.05, 0) is 13.8 Å². The summed E-state index contributed by atoms with van der Waals surface area (Å²) >= 11 is 0. The Morgan fingerprint density at radius 3 is 1.75 bits per heavy atom. The topological polar surface area (TPSA) is 77.4 Å². The summed E-state index contributed by atoms with van der Waals surface area (Å²) in [5, 5.41) is 18.8. The molecule has 0 aliphatic rings. The second-order valence-electron chi connectivity index (χ2n) is 4.76. The minimum atomic E-state index is -1.03. The van der Waals surface area contributed by atoms with Crippen LogP contribution >= 0.6 is 0 Å². The zero-order valence-electron chi connectivity index (χ0n) is 12.5. The number of hydrogen-bond acceptors (Lipinski definition) is 6. The number of aliphatic hydroxyl groups excluding tert-OH is 2. The predicted octanol–water partition coefficient (Wildman–Crippen LogP) is 1.22. The standard InChI is InChI=1S/C14H22O6/c1-14(2,13(16)8-15)20-12-7-10(18-4)9(17-3)6-11(12)19-5/h6-7,13,15-16H,8H2,1-5H3/t13-/m0/s1. The van der Waals surface area contributed by atoms with Gasteiger partial charge in [-0.15, -0.1) is 0 Å². The van der Waals surface area contributed by atoms with Crippen LogP contribution in [-0.4, -0.2) is 49.9 Å². The molecule has 0 fully saturated rings. The number of benzene rings is 1. The predicted molar refractivity (Wildman–Crippen MR) is 73.9 cm³/mol. The maximum absolute atomic E-state index is 9.77. The third-order valence-electron chi connectivity index (χ3n) is 3.02. The summed E-state index contributed by atoms with van der Waals surface area (Å²) in [7, 11) is 4.54. The Morgan fingerprint density at radius 2 is 1.35 bits per heavy atom. The fourth-order valence-corrected chi connectivity index (χ4v) is 1.65. The second kappa shape index (κ2) is 6.67. The molecule has 0 saturated heterocycles. The molecule has 114 valence electrons. The molecule has 0 heterocycles. The Kier molecular flexibility index (Phi) is 5.47. The van der Waals surface area contributed by atoms with Gasteiger partial charge in [-0.25, -0.2) is 0 Å². The van der Waals surface area contributed by atoms with Crippen molar-refractivity contribution in [2.75, 3.05) is 27.9 Å².